The molecule has 0 N–H and O–H groups in total. The van der Waals surface area contributed by atoms with E-state index in [-0.39, 0.29) is 0 Å². The summed E-state index contributed by atoms with van der Waals surface area (Å²) in [6, 6.07) is 0. The number of fused-ring (bicyclic) bond motifs is 4. The van der Waals surface area contributed by atoms with Crippen molar-refractivity contribution in [1.82, 2.24) is 0 Å². The SMILES string of the molecule is C[C@@]12CCCC1=C1CCC3CC(=O)CC[C@]3(C)[C@@H]1CC2. The first-order chi connectivity index (χ1) is 9.53. The molecule has 0 aliphatic heterocycles. The van der Waals surface area contributed by atoms with E-state index in [0.29, 0.717) is 22.5 Å². The zero-order valence-electron chi connectivity index (χ0n) is 13.1. The Morgan fingerprint density at radius 3 is 2.70 bits per heavy atom. The van der Waals surface area contributed by atoms with Gasteiger partial charge in [0.1, 0.15) is 5.78 Å². The second-order valence-electron chi connectivity index (χ2n) is 8.49. The van der Waals surface area contributed by atoms with E-state index in [1.54, 1.807) is 0 Å². The Hall–Kier alpha value is -0.590. The van der Waals surface area contributed by atoms with Crippen LogP contribution in [0, 0.1) is 22.7 Å². The largest absolute Gasteiger partial charge is 0.300 e. The van der Waals surface area contributed by atoms with E-state index in [9.17, 15) is 4.79 Å². The van der Waals surface area contributed by atoms with E-state index in [2.05, 4.69) is 13.8 Å². The summed E-state index contributed by atoms with van der Waals surface area (Å²) in [5.41, 5.74) is 4.73. The van der Waals surface area contributed by atoms with Gasteiger partial charge in [0.05, 0.1) is 0 Å². The predicted octanol–water partition coefficient (Wildman–Crippen LogP) is 5.05. The number of ketones is 1. The van der Waals surface area contributed by atoms with Gasteiger partial charge in [0, 0.05) is 12.8 Å². The lowest BCUT2D eigenvalue weighted by Crippen LogP contribution is -2.46. The van der Waals surface area contributed by atoms with Crippen molar-refractivity contribution in [2.24, 2.45) is 22.7 Å². The highest BCUT2D eigenvalue weighted by Crippen LogP contribution is 2.63. The summed E-state index contributed by atoms with van der Waals surface area (Å²) in [5.74, 6) is 2.03. The van der Waals surface area contributed by atoms with Gasteiger partial charge >= 0.3 is 0 Å². The summed E-state index contributed by atoms with van der Waals surface area (Å²) in [5, 5.41) is 0. The molecular weight excluding hydrogens is 244 g/mol. The summed E-state index contributed by atoms with van der Waals surface area (Å²) >= 11 is 0. The van der Waals surface area contributed by atoms with Gasteiger partial charge in [0.15, 0.2) is 0 Å². The molecule has 0 amide bonds. The van der Waals surface area contributed by atoms with Crippen LogP contribution in [0.4, 0.5) is 0 Å². The van der Waals surface area contributed by atoms with Crippen LogP contribution in [0.15, 0.2) is 11.1 Å². The summed E-state index contributed by atoms with van der Waals surface area (Å²) < 4.78 is 0. The van der Waals surface area contributed by atoms with Crippen LogP contribution in [0.5, 0.6) is 0 Å². The van der Waals surface area contributed by atoms with Crippen LogP contribution in [0.25, 0.3) is 0 Å². The van der Waals surface area contributed by atoms with Gasteiger partial charge < -0.3 is 0 Å². The van der Waals surface area contributed by atoms with E-state index < -0.39 is 0 Å². The number of hydrogen-bond acceptors (Lipinski definition) is 1. The van der Waals surface area contributed by atoms with Crippen LogP contribution in [0.2, 0.25) is 0 Å². The van der Waals surface area contributed by atoms with Gasteiger partial charge in [-0.3, -0.25) is 4.79 Å². The van der Waals surface area contributed by atoms with Crippen LogP contribution >= 0.6 is 0 Å². The average molecular weight is 272 g/mol. The van der Waals surface area contributed by atoms with Crippen molar-refractivity contribution in [3.05, 3.63) is 11.1 Å². The first-order valence-electron chi connectivity index (χ1n) is 8.77. The third-order valence-corrected chi connectivity index (χ3v) is 7.58. The molecule has 0 radical (unpaired) electrons. The van der Waals surface area contributed by atoms with Gasteiger partial charge in [-0.15, -0.1) is 0 Å². The number of carbonyl (C=O) groups excluding carboxylic acids is 1. The lowest BCUT2D eigenvalue weighted by molar-refractivity contribution is -0.127. The van der Waals surface area contributed by atoms with Crippen molar-refractivity contribution < 1.29 is 4.79 Å². The van der Waals surface area contributed by atoms with E-state index in [4.69, 9.17) is 0 Å². The molecule has 0 aromatic heterocycles. The standard InChI is InChI=1S/C19H28O/c1-18-9-3-4-16(18)15-6-5-13-12-14(20)7-11-19(13,2)17(15)8-10-18/h13,17H,3-12H2,1-2H3/t13?,17-,18+,19+/m1/s1. The monoisotopic (exact) mass is 272 g/mol. The normalized spacial score (nSPS) is 47.8. The fourth-order valence-electron chi connectivity index (χ4n) is 6.28. The zero-order chi connectivity index (χ0) is 14.0. The second kappa shape index (κ2) is 4.21. The van der Waals surface area contributed by atoms with Gasteiger partial charge in [-0.25, -0.2) is 0 Å². The van der Waals surface area contributed by atoms with Gasteiger partial charge in [-0.2, -0.15) is 0 Å². The van der Waals surface area contributed by atoms with Gasteiger partial charge in [-0.1, -0.05) is 25.0 Å². The van der Waals surface area contributed by atoms with Crippen molar-refractivity contribution in [2.45, 2.75) is 78.1 Å². The van der Waals surface area contributed by atoms with Crippen molar-refractivity contribution in [2.75, 3.05) is 0 Å². The van der Waals surface area contributed by atoms with Crippen LogP contribution in [0.1, 0.15) is 78.1 Å². The molecule has 4 aliphatic carbocycles. The molecule has 3 saturated carbocycles. The Bertz CT molecular complexity index is 488. The highest BCUT2D eigenvalue weighted by atomic mass is 16.1. The van der Waals surface area contributed by atoms with Gasteiger partial charge in [0.25, 0.3) is 0 Å². The topological polar surface area (TPSA) is 17.1 Å². The molecule has 0 bridgehead atoms. The predicted molar refractivity (Wildman–Crippen MR) is 81.4 cm³/mol. The quantitative estimate of drug-likeness (QED) is 0.564. The van der Waals surface area contributed by atoms with Crippen molar-refractivity contribution in [3.8, 4) is 0 Å². The zero-order valence-corrected chi connectivity index (χ0v) is 13.1. The third kappa shape index (κ3) is 1.64. The molecule has 0 saturated heterocycles. The molecule has 1 nitrogen and oxygen atoms in total. The van der Waals surface area contributed by atoms with Gasteiger partial charge in [-0.05, 0) is 74.0 Å². The van der Waals surface area contributed by atoms with E-state index >= 15 is 0 Å². The van der Waals surface area contributed by atoms with E-state index in [1.807, 2.05) is 11.1 Å². The van der Waals surface area contributed by atoms with E-state index in [1.165, 1.54) is 44.9 Å². The first kappa shape index (κ1) is 13.1. The Labute approximate surface area is 123 Å². The average Bonchev–Trinajstić information content (AvgIpc) is 2.81. The lowest BCUT2D eigenvalue weighted by Gasteiger charge is -2.55. The minimum Gasteiger partial charge on any atom is -0.300 e. The van der Waals surface area contributed by atoms with Crippen molar-refractivity contribution in [3.63, 3.8) is 0 Å². The van der Waals surface area contributed by atoms with Gasteiger partial charge in [0.2, 0.25) is 0 Å². The number of allylic oxidation sites excluding steroid dienone is 2. The summed E-state index contributed by atoms with van der Waals surface area (Å²) in [6.45, 7) is 5.05. The van der Waals surface area contributed by atoms with Crippen molar-refractivity contribution in [1.29, 1.82) is 0 Å². The Kier molecular flexibility index (Phi) is 2.76. The molecule has 3 fully saturated rings. The molecule has 0 aromatic rings. The first-order valence-corrected chi connectivity index (χ1v) is 8.77. The Morgan fingerprint density at radius 2 is 1.85 bits per heavy atom. The summed E-state index contributed by atoms with van der Waals surface area (Å²) in [4.78, 5) is 11.8. The Balaban J connectivity index is 1.74. The fraction of sp³-hybridized carbons (Fsp3) is 0.842. The lowest BCUT2D eigenvalue weighted by atomic mass is 9.49. The van der Waals surface area contributed by atoms with Crippen LogP contribution in [-0.2, 0) is 4.79 Å². The van der Waals surface area contributed by atoms with Crippen LogP contribution < -0.4 is 0 Å². The van der Waals surface area contributed by atoms with Crippen LogP contribution in [0.3, 0.4) is 0 Å². The highest BCUT2D eigenvalue weighted by Gasteiger charge is 2.52. The molecule has 0 spiro atoms. The molecule has 0 heterocycles. The molecule has 20 heavy (non-hydrogen) atoms. The molecule has 0 aromatic carbocycles. The fourth-order valence-corrected chi connectivity index (χ4v) is 6.28. The molecule has 4 rings (SSSR count). The highest BCUT2D eigenvalue weighted by molar-refractivity contribution is 5.79. The molecule has 4 aliphatic rings. The number of rotatable bonds is 0. The maximum atomic E-state index is 11.8. The molecule has 110 valence electrons. The maximum absolute atomic E-state index is 11.8. The summed E-state index contributed by atoms with van der Waals surface area (Å²) in [7, 11) is 0. The smallest absolute Gasteiger partial charge is 0.133 e. The maximum Gasteiger partial charge on any atom is 0.133 e. The molecule has 4 atom stereocenters. The molecular formula is C19H28O. The summed E-state index contributed by atoms with van der Waals surface area (Å²) in [6.07, 6.45) is 12.5. The second-order valence-corrected chi connectivity index (χ2v) is 8.49. The number of carbonyl (C=O) groups is 1. The van der Waals surface area contributed by atoms with Crippen molar-refractivity contribution >= 4 is 5.78 Å². The Morgan fingerprint density at radius 1 is 1.00 bits per heavy atom. The minimum absolute atomic E-state index is 0.443. The third-order valence-electron chi connectivity index (χ3n) is 7.58. The van der Waals surface area contributed by atoms with E-state index in [0.717, 1.165) is 25.2 Å². The van der Waals surface area contributed by atoms with Crippen LogP contribution in [-0.4, -0.2) is 5.78 Å². The minimum atomic E-state index is 0.443. The number of hydrogen-bond donors (Lipinski definition) is 0. The molecule has 1 heteroatoms. The molecule has 1 unspecified atom stereocenters. The number of Topliss-reactive ketones (excluding diaryl/α,β-unsaturated/α-hetero) is 1.